The van der Waals surface area contributed by atoms with E-state index < -0.39 is 0 Å². The maximum absolute atomic E-state index is 3.37. The molecular weight excluding hydrogens is 142 g/mol. The zero-order valence-electron chi connectivity index (χ0n) is 6.22. The summed E-state index contributed by atoms with van der Waals surface area (Å²) in [6, 6.07) is 0.602. The lowest BCUT2D eigenvalue weighted by Crippen LogP contribution is -2.26. The van der Waals surface area contributed by atoms with E-state index in [9.17, 15) is 0 Å². The Morgan fingerprint density at radius 2 is 2.20 bits per heavy atom. The highest BCUT2D eigenvalue weighted by molar-refractivity contribution is 8.03. The second-order valence-electron chi connectivity index (χ2n) is 2.95. The van der Waals surface area contributed by atoms with Crippen LogP contribution in [-0.2, 0) is 0 Å². The van der Waals surface area contributed by atoms with Gasteiger partial charge in [0.05, 0.1) is 11.3 Å². The van der Waals surface area contributed by atoms with Gasteiger partial charge >= 0.3 is 0 Å². The molecule has 0 saturated heterocycles. The van der Waals surface area contributed by atoms with Crippen molar-refractivity contribution in [3.63, 3.8) is 0 Å². The summed E-state index contributed by atoms with van der Waals surface area (Å²) in [6.45, 7) is 4.38. The van der Waals surface area contributed by atoms with Crippen LogP contribution in [0, 0.1) is 0 Å². The van der Waals surface area contributed by atoms with Gasteiger partial charge in [-0.1, -0.05) is 0 Å². The number of thioether (sulfide) groups is 1. The SMILES string of the molecule is CC1=CSC2C(C)=CNC12. The Morgan fingerprint density at radius 3 is 2.90 bits per heavy atom. The zero-order valence-corrected chi connectivity index (χ0v) is 7.03. The summed E-state index contributed by atoms with van der Waals surface area (Å²) in [4.78, 5) is 0. The molecule has 1 nitrogen and oxygen atoms in total. The van der Waals surface area contributed by atoms with Crippen molar-refractivity contribution in [2.24, 2.45) is 0 Å². The molecule has 2 aliphatic rings. The predicted octanol–water partition coefficient (Wildman–Crippen LogP) is 1.88. The van der Waals surface area contributed by atoms with Gasteiger partial charge in [0.25, 0.3) is 0 Å². The van der Waals surface area contributed by atoms with E-state index in [-0.39, 0.29) is 0 Å². The fourth-order valence-corrected chi connectivity index (χ4v) is 2.70. The minimum absolute atomic E-state index is 0.602. The van der Waals surface area contributed by atoms with Crippen LogP contribution in [0.3, 0.4) is 0 Å². The topological polar surface area (TPSA) is 12.0 Å². The summed E-state index contributed by atoms with van der Waals surface area (Å²) in [7, 11) is 0. The van der Waals surface area contributed by atoms with Gasteiger partial charge in [0.1, 0.15) is 0 Å². The summed E-state index contributed by atoms with van der Waals surface area (Å²) in [5.74, 6) is 0. The van der Waals surface area contributed by atoms with Crippen LogP contribution in [0.5, 0.6) is 0 Å². The van der Waals surface area contributed by atoms with Crippen molar-refractivity contribution in [3.8, 4) is 0 Å². The highest BCUT2D eigenvalue weighted by Gasteiger charge is 2.32. The van der Waals surface area contributed by atoms with Crippen LogP contribution in [0.15, 0.2) is 22.8 Å². The van der Waals surface area contributed by atoms with Crippen LogP contribution in [0.2, 0.25) is 0 Å². The van der Waals surface area contributed by atoms with Crippen molar-refractivity contribution >= 4 is 11.8 Å². The molecule has 54 valence electrons. The molecule has 2 aliphatic heterocycles. The van der Waals surface area contributed by atoms with E-state index >= 15 is 0 Å². The molecule has 0 aliphatic carbocycles. The van der Waals surface area contributed by atoms with Gasteiger partial charge in [-0.25, -0.2) is 0 Å². The largest absolute Gasteiger partial charge is 0.383 e. The fourth-order valence-electron chi connectivity index (χ4n) is 1.46. The van der Waals surface area contributed by atoms with E-state index in [1.807, 2.05) is 11.8 Å². The Balaban J connectivity index is 2.23. The molecule has 0 amide bonds. The summed E-state index contributed by atoms with van der Waals surface area (Å²) >= 11 is 1.94. The fraction of sp³-hybridized carbons (Fsp3) is 0.500. The minimum Gasteiger partial charge on any atom is -0.383 e. The van der Waals surface area contributed by atoms with Crippen LogP contribution in [0.25, 0.3) is 0 Å². The number of hydrogen-bond donors (Lipinski definition) is 1. The first kappa shape index (κ1) is 6.35. The average molecular weight is 153 g/mol. The molecule has 0 saturated carbocycles. The summed E-state index contributed by atoms with van der Waals surface area (Å²) in [6.07, 6.45) is 2.14. The molecule has 2 unspecified atom stereocenters. The van der Waals surface area contributed by atoms with E-state index in [4.69, 9.17) is 0 Å². The van der Waals surface area contributed by atoms with E-state index in [1.165, 1.54) is 11.1 Å². The standard InChI is InChI=1S/C8H11NS/c1-5-3-9-7-6(2)4-10-8(5)7/h3-4,7-9H,1-2H3. The molecule has 2 atom stereocenters. The number of fused-ring (bicyclic) bond motifs is 1. The van der Waals surface area contributed by atoms with Gasteiger partial charge in [0.2, 0.25) is 0 Å². The molecule has 2 heterocycles. The molecular formula is C8H11NS. The molecule has 2 heteroatoms. The third kappa shape index (κ3) is 0.717. The first-order valence-corrected chi connectivity index (χ1v) is 4.48. The summed E-state index contributed by atoms with van der Waals surface area (Å²) < 4.78 is 0. The molecule has 10 heavy (non-hydrogen) atoms. The summed E-state index contributed by atoms with van der Waals surface area (Å²) in [5.41, 5.74) is 2.95. The van der Waals surface area contributed by atoms with Crippen LogP contribution in [-0.4, -0.2) is 11.3 Å². The molecule has 0 radical (unpaired) electrons. The first-order chi connectivity index (χ1) is 4.79. The van der Waals surface area contributed by atoms with E-state index in [2.05, 4.69) is 30.8 Å². The number of nitrogens with one attached hydrogen (secondary N) is 1. The third-order valence-electron chi connectivity index (χ3n) is 2.13. The second kappa shape index (κ2) is 2.06. The molecule has 0 bridgehead atoms. The van der Waals surface area contributed by atoms with Crippen LogP contribution in [0.4, 0.5) is 0 Å². The lowest BCUT2D eigenvalue weighted by Gasteiger charge is -2.12. The Hall–Kier alpha value is -0.370. The Labute approximate surface area is 65.6 Å². The monoisotopic (exact) mass is 153 g/mol. The van der Waals surface area contributed by atoms with Crippen molar-refractivity contribution < 1.29 is 0 Å². The van der Waals surface area contributed by atoms with Gasteiger partial charge in [-0.05, 0) is 36.6 Å². The second-order valence-corrected chi connectivity index (χ2v) is 3.97. The zero-order chi connectivity index (χ0) is 7.14. The maximum atomic E-state index is 3.37. The lowest BCUT2D eigenvalue weighted by molar-refractivity contribution is 0.732. The average Bonchev–Trinajstić information content (AvgIpc) is 2.41. The Kier molecular flexibility index (Phi) is 1.31. The van der Waals surface area contributed by atoms with Crippen LogP contribution < -0.4 is 5.32 Å². The Morgan fingerprint density at radius 1 is 1.40 bits per heavy atom. The molecule has 2 rings (SSSR count). The quantitative estimate of drug-likeness (QED) is 0.570. The minimum atomic E-state index is 0.602. The van der Waals surface area contributed by atoms with E-state index in [1.54, 1.807) is 0 Å². The number of rotatable bonds is 0. The molecule has 0 aromatic carbocycles. The number of hydrogen-bond acceptors (Lipinski definition) is 2. The lowest BCUT2D eigenvalue weighted by atomic mass is 10.1. The maximum Gasteiger partial charge on any atom is 0.0633 e. The third-order valence-corrected chi connectivity index (χ3v) is 3.58. The first-order valence-electron chi connectivity index (χ1n) is 3.54. The van der Waals surface area contributed by atoms with Crippen LogP contribution >= 0.6 is 11.8 Å². The van der Waals surface area contributed by atoms with Crippen molar-refractivity contribution in [2.75, 3.05) is 0 Å². The van der Waals surface area contributed by atoms with Crippen molar-refractivity contribution in [2.45, 2.75) is 25.1 Å². The highest BCUT2D eigenvalue weighted by atomic mass is 32.2. The summed E-state index contributed by atoms with van der Waals surface area (Å²) in [5, 5.41) is 6.32. The van der Waals surface area contributed by atoms with Crippen molar-refractivity contribution in [1.82, 2.24) is 5.32 Å². The van der Waals surface area contributed by atoms with Gasteiger partial charge in [-0.2, -0.15) is 0 Å². The van der Waals surface area contributed by atoms with Gasteiger partial charge in [0, 0.05) is 0 Å². The Bertz CT molecular complexity index is 193. The normalized spacial score (nSPS) is 36.6. The molecule has 0 fully saturated rings. The van der Waals surface area contributed by atoms with Gasteiger partial charge in [0.15, 0.2) is 0 Å². The van der Waals surface area contributed by atoms with E-state index in [0.717, 1.165) is 0 Å². The van der Waals surface area contributed by atoms with Crippen LogP contribution in [0.1, 0.15) is 13.8 Å². The van der Waals surface area contributed by atoms with Gasteiger partial charge in [-0.3, -0.25) is 0 Å². The van der Waals surface area contributed by atoms with Gasteiger partial charge < -0.3 is 5.32 Å². The molecule has 0 spiro atoms. The van der Waals surface area contributed by atoms with Gasteiger partial charge in [-0.15, -0.1) is 11.8 Å². The molecule has 1 N–H and O–H groups in total. The highest BCUT2D eigenvalue weighted by Crippen LogP contribution is 2.37. The predicted molar refractivity (Wildman–Crippen MR) is 45.8 cm³/mol. The van der Waals surface area contributed by atoms with E-state index in [0.29, 0.717) is 11.3 Å². The molecule has 0 aromatic heterocycles. The van der Waals surface area contributed by atoms with Crippen molar-refractivity contribution in [3.05, 3.63) is 22.8 Å². The molecule has 0 aromatic rings. The smallest absolute Gasteiger partial charge is 0.0633 e. The van der Waals surface area contributed by atoms with Crippen molar-refractivity contribution in [1.29, 1.82) is 0 Å².